The highest BCUT2D eigenvalue weighted by atomic mass is 32.1. The largest absolute Gasteiger partial charge is 0.480 e. The minimum absolute atomic E-state index is 0.0334. The Hall–Kier alpha value is -0.940. The van der Waals surface area contributed by atoms with Gasteiger partial charge >= 0.3 is 5.97 Å². The topological polar surface area (TPSA) is 62.2 Å². The predicted molar refractivity (Wildman–Crippen MR) is 85.8 cm³/mol. The van der Waals surface area contributed by atoms with Crippen molar-refractivity contribution in [3.8, 4) is 0 Å². The van der Waals surface area contributed by atoms with Crippen LogP contribution in [0.15, 0.2) is 5.38 Å². The van der Waals surface area contributed by atoms with E-state index in [0.29, 0.717) is 11.7 Å². The van der Waals surface area contributed by atoms with E-state index < -0.39 is 12.0 Å². The summed E-state index contributed by atoms with van der Waals surface area (Å²) in [7, 11) is 0. The summed E-state index contributed by atoms with van der Waals surface area (Å²) in [6.07, 6.45) is 7.05. The smallest absolute Gasteiger partial charge is 0.327 e. The number of nitrogens with zero attached hydrogens (tertiary/aromatic N) is 1. The molecule has 0 radical (unpaired) electrons. The standard InChI is InChI=1S/C16H26N2O2S/c1-16(2,3)15-18-12(10-21-15)13(14(19)20)17-11-8-6-4-5-7-9-11/h10-11,13,17H,4-9H2,1-3H3,(H,19,20). The van der Waals surface area contributed by atoms with E-state index in [2.05, 4.69) is 31.1 Å². The van der Waals surface area contributed by atoms with Crippen LogP contribution in [0.3, 0.4) is 0 Å². The Balaban J connectivity index is 2.11. The molecule has 1 saturated carbocycles. The molecule has 0 aliphatic heterocycles. The van der Waals surface area contributed by atoms with Crippen molar-refractivity contribution in [3.63, 3.8) is 0 Å². The third-order valence-electron chi connectivity index (χ3n) is 3.96. The maximum absolute atomic E-state index is 11.6. The van der Waals surface area contributed by atoms with Crippen LogP contribution < -0.4 is 5.32 Å². The average Bonchev–Trinajstić information content (AvgIpc) is 2.74. The quantitative estimate of drug-likeness (QED) is 0.829. The molecule has 2 rings (SSSR count). The molecular weight excluding hydrogens is 284 g/mol. The highest BCUT2D eigenvalue weighted by molar-refractivity contribution is 7.09. The Bertz CT molecular complexity index is 471. The van der Waals surface area contributed by atoms with Crippen LogP contribution in [0.2, 0.25) is 0 Å². The van der Waals surface area contributed by atoms with Crippen molar-refractivity contribution >= 4 is 17.3 Å². The second-order valence-corrected chi connectivity index (χ2v) is 7.81. The Morgan fingerprint density at radius 3 is 2.43 bits per heavy atom. The molecule has 1 unspecified atom stereocenters. The average molecular weight is 310 g/mol. The maximum Gasteiger partial charge on any atom is 0.327 e. The SMILES string of the molecule is CC(C)(C)c1nc(C(NC2CCCCCC2)C(=O)O)cs1. The fourth-order valence-electron chi connectivity index (χ4n) is 2.73. The van der Waals surface area contributed by atoms with Gasteiger partial charge in [0.1, 0.15) is 6.04 Å². The van der Waals surface area contributed by atoms with Gasteiger partial charge in [-0.3, -0.25) is 10.1 Å². The van der Waals surface area contributed by atoms with E-state index in [-0.39, 0.29) is 5.41 Å². The number of hydrogen-bond donors (Lipinski definition) is 2. The lowest BCUT2D eigenvalue weighted by Gasteiger charge is -2.21. The van der Waals surface area contributed by atoms with Gasteiger partial charge in [-0.25, -0.2) is 4.98 Å². The summed E-state index contributed by atoms with van der Waals surface area (Å²) in [4.78, 5) is 16.2. The maximum atomic E-state index is 11.6. The number of thiazole rings is 1. The Morgan fingerprint density at radius 1 is 1.33 bits per heavy atom. The first-order valence-corrected chi connectivity index (χ1v) is 8.70. The Kier molecular flexibility index (Phi) is 5.38. The predicted octanol–water partition coefficient (Wildman–Crippen LogP) is 3.88. The first kappa shape index (κ1) is 16.4. The lowest BCUT2D eigenvalue weighted by Crippen LogP contribution is -2.37. The van der Waals surface area contributed by atoms with Crippen LogP contribution in [0, 0.1) is 0 Å². The highest BCUT2D eigenvalue weighted by Crippen LogP contribution is 2.28. The molecule has 5 heteroatoms. The summed E-state index contributed by atoms with van der Waals surface area (Å²) >= 11 is 1.55. The molecule has 1 aliphatic carbocycles. The van der Waals surface area contributed by atoms with E-state index in [4.69, 9.17) is 0 Å². The van der Waals surface area contributed by atoms with E-state index >= 15 is 0 Å². The number of hydrogen-bond acceptors (Lipinski definition) is 4. The number of rotatable bonds is 4. The normalized spacial score (nSPS) is 19.2. The summed E-state index contributed by atoms with van der Waals surface area (Å²) in [6, 6.07) is -0.381. The number of carbonyl (C=O) groups is 1. The van der Waals surface area contributed by atoms with Gasteiger partial charge in [0.15, 0.2) is 0 Å². The lowest BCUT2D eigenvalue weighted by atomic mass is 9.98. The molecule has 1 heterocycles. The van der Waals surface area contributed by atoms with Crippen molar-refractivity contribution in [2.75, 3.05) is 0 Å². The van der Waals surface area contributed by atoms with Gasteiger partial charge in [-0.05, 0) is 12.8 Å². The molecule has 1 aliphatic rings. The molecule has 1 aromatic rings. The molecule has 0 saturated heterocycles. The Morgan fingerprint density at radius 2 is 1.95 bits per heavy atom. The summed E-state index contributed by atoms with van der Waals surface area (Å²) in [5.41, 5.74) is 0.621. The first-order chi connectivity index (χ1) is 9.88. The molecule has 21 heavy (non-hydrogen) atoms. The molecule has 1 atom stereocenters. The van der Waals surface area contributed by atoms with Gasteiger partial charge in [0.05, 0.1) is 10.7 Å². The zero-order valence-corrected chi connectivity index (χ0v) is 14.0. The van der Waals surface area contributed by atoms with Crippen molar-refractivity contribution in [2.24, 2.45) is 0 Å². The van der Waals surface area contributed by atoms with Crippen molar-refractivity contribution in [1.29, 1.82) is 0 Å². The second kappa shape index (κ2) is 6.88. The van der Waals surface area contributed by atoms with Crippen molar-refractivity contribution in [2.45, 2.75) is 76.8 Å². The van der Waals surface area contributed by atoms with Crippen LogP contribution in [0.4, 0.5) is 0 Å². The fourth-order valence-corrected chi connectivity index (χ4v) is 3.66. The summed E-state index contributed by atoms with van der Waals surface area (Å²) < 4.78 is 0. The molecule has 0 bridgehead atoms. The molecule has 118 valence electrons. The number of carboxylic acids is 1. The van der Waals surface area contributed by atoms with E-state index in [0.717, 1.165) is 17.8 Å². The highest BCUT2D eigenvalue weighted by Gasteiger charge is 2.28. The molecule has 0 spiro atoms. The van der Waals surface area contributed by atoms with E-state index in [1.54, 1.807) is 11.3 Å². The number of aliphatic carboxylic acids is 1. The summed E-state index contributed by atoms with van der Waals surface area (Å²) in [5, 5.41) is 15.7. The van der Waals surface area contributed by atoms with E-state index in [1.165, 1.54) is 25.7 Å². The van der Waals surface area contributed by atoms with Gasteiger partial charge < -0.3 is 5.11 Å². The molecule has 2 N–H and O–H groups in total. The van der Waals surface area contributed by atoms with E-state index in [9.17, 15) is 9.90 Å². The van der Waals surface area contributed by atoms with Crippen LogP contribution in [0.5, 0.6) is 0 Å². The van der Waals surface area contributed by atoms with Gasteiger partial charge in [0, 0.05) is 16.8 Å². The van der Waals surface area contributed by atoms with Crippen molar-refractivity contribution in [3.05, 3.63) is 16.1 Å². The molecule has 0 amide bonds. The van der Waals surface area contributed by atoms with Gasteiger partial charge in [-0.2, -0.15) is 0 Å². The lowest BCUT2D eigenvalue weighted by molar-refractivity contribution is -0.140. The van der Waals surface area contributed by atoms with Crippen LogP contribution >= 0.6 is 11.3 Å². The monoisotopic (exact) mass is 310 g/mol. The zero-order valence-electron chi connectivity index (χ0n) is 13.2. The van der Waals surface area contributed by atoms with E-state index in [1.807, 2.05) is 5.38 Å². The molecule has 1 aromatic heterocycles. The summed E-state index contributed by atoms with van der Waals surface area (Å²) in [5.74, 6) is -0.829. The molecule has 0 aromatic carbocycles. The van der Waals surface area contributed by atoms with Crippen LogP contribution in [0.25, 0.3) is 0 Å². The third-order valence-corrected chi connectivity index (χ3v) is 5.25. The number of nitrogens with one attached hydrogen (secondary N) is 1. The minimum Gasteiger partial charge on any atom is -0.480 e. The Labute approximate surface area is 131 Å². The van der Waals surface area contributed by atoms with Gasteiger partial charge in [-0.1, -0.05) is 46.5 Å². The van der Waals surface area contributed by atoms with Crippen LogP contribution in [-0.4, -0.2) is 22.1 Å². The van der Waals surface area contributed by atoms with Gasteiger partial charge in [0.25, 0.3) is 0 Å². The summed E-state index contributed by atoms with van der Waals surface area (Å²) in [6.45, 7) is 6.30. The molecule has 1 fully saturated rings. The minimum atomic E-state index is -0.829. The fraction of sp³-hybridized carbons (Fsp3) is 0.750. The van der Waals surface area contributed by atoms with Crippen LogP contribution in [0.1, 0.15) is 76.0 Å². The van der Waals surface area contributed by atoms with Crippen LogP contribution in [-0.2, 0) is 10.2 Å². The van der Waals surface area contributed by atoms with Gasteiger partial charge in [0.2, 0.25) is 0 Å². The first-order valence-electron chi connectivity index (χ1n) is 7.82. The molecule has 4 nitrogen and oxygen atoms in total. The zero-order chi connectivity index (χ0) is 15.5. The number of aromatic nitrogens is 1. The second-order valence-electron chi connectivity index (χ2n) is 6.95. The van der Waals surface area contributed by atoms with Crippen molar-refractivity contribution < 1.29 is 9.90 Å². The van der Waals surface area contributed by atoms with Crippen molar-refractivity contribution in [1.82, 2.24) is 10.3 Å². The molecular formula is C16H26N2O2S. The number of carboxylic acid groups (broad SMARTS) is 1. The van der Waals surface area contributed by atoms with Gasteiger partial charge in [-0.15, -0.1) is 11.3 Å². The third kappa shape index (κ3) is 4.51.